The number of nitrogens with two attached hydrogens (primary N) is 1. The highest BCUT2D eigenvalue weighted by Crippen LogP contribution is 2.21. The Hall–Kier alpha value is -2.02. The van der Waals surface area contributed by atoms with E-state index in [1.807, 2.05) is 13.8 Å². The van der Waals surface area contributed by atoms with Gasteiger partial charge in [-0.25, -0.2) is 0 Å². The van der Waals surface area contributed by atoms with Crippen LogP contribution in [0.15, 0.2) is 24.3 Å². The van der Waals surface area contributed by atoms with Crippen LogP contribution < -0.4 is 10.5 Å². The molecule has 0 heterocycles. The molecule has 0 aromatic heterocycles. The van der Waals surface area contributed by atoms with E-state index >= 15 is 0 Å². The van der Waals surface area contributed by atoms with Crippen LogP contribution in [0.5, 0.6) is 5.75 Å². The molecule has 1 rings (SSSR count). The SMILES string of the molecule is CC(C)(C#N)CCCCOc1ccc(C(N)=O)cc1. The second kappa shape index (κ2) is 6.79. The van der Waals surface area contributed by atoms with Crippen LogP contribution in [0.4, 0.5) is 0 Å². The number of carbonyl (C=O) groups is 1. The van der Waals surface area contributed by atoms with Crippen LogP contribution in [0, 0.1) is 16.7 Å². The summed E-state index contributed by atoms with van der Waals surface area (Å²) in [6, 6.07) is 9.05. The maximum Gasteiger partial charge on any atom is 0.248 e. The lowest BCUT2D eigenvalue weighted by Crippen LogP contribution is -2.10. The van der Waals surface area contributed by atoms with Crippen molar-refractivity contribution < 1.29 is 9.53 Å². The van der Waals surface area contributed by atoms with Crippen LogP contribution in [-0.2, 0) is 0 Å². The molecule has 0 saturated heterocycles. The van der Waals surface area contributed by atoms with E-state index in [4.69, 9.17) is 15.7 Å². The molecule has 4 heteroatoms. The summed E-state index contributed by atoms with van der Waals surface area (Å²) < 4.78 is 5.55. The van der Waals surface area contributed by atoms with Gasteiger partial charge in [0.05, 0.1) is 18.1 Å². The van der Waals surface area contributed by atoms with Gasteiger partial charge in [0.15, 0.2) is 0 Å². The molecule has 1 aromatic carbocycles. The number of nitrogens with zero attached hydrogens (tertiary/aromatic N) is 1. The van der Waals surface area contributed by atoms with Crippen molar-refractivity contribution >= 4 is 5.91 Å². The zero-order chi connectivity index (χ0) is 14.3. The number of ether oxygens (including phenoxy) is 1. The number of carbonyl (C=O) groups excluding carboxylic acids is 1. The fraction of sp³-hybridized carbons (Fsp3) is 0.467. The molecule has 0 aliphatic carbocycles. The van der Waals surface area contributed by atoms with Crippen molar-refractivity contribution in [1.82, 2.24) is 0 Å². The summed E-state index contributed by atoms with van der Waals surface area (Å²) in [5, 5.41) is 8.88. The first-order chi connectivity index (χ1) is 8.94. The van der Waals surface area contributed by atoms with Gasteiger partial charge in [-0.1, -0.05) is 0 Å². The Balaban J connectivity index is 2.27. The van der Waals surface area contributed by atoms with Crippen molar-refractivity contribution in [2.75, 3.05) is 6.61 Å². The molecule has 0 bridgehead atoms. The van der Waals surface area contributed by atoms with Gasteiger partial charge in [0, 0.05) is 5.56 Å². The van der Waals surface area contributed by atoms with Crippen LogP contribution >= 0.6 is 0 Å². The lowest BCUT2D eigenvalue weighted by Gasteiger charge is -2.14. The fourth-order valence-corrected chi connectivity index (χ4v) is 1.63. The summed E-state index contributed by atoms with van der Waals surface area (Å²) >= 11 is 0. The van der Waals surface area contributed by atoms with Gasteiger partial charge >= 0.3 is 0 Å². The van der Waals surface area contributed by atoms with E-state index in [9.17, 15) is 4.79 Å². The molecule has 102 valence electrons. The van der Waals surface area contributed by atoms with E-state index < -0.39 is 5.91 Å². The standard InChI is InChI=1S/C15H20N2O2/c1-15(2,11-16)9-3-4-10-19-13-7-5-12(6-8-13)14(17)18/h5-8H,3-4,9-10H2,1-2H3,(H2,17,18). The van der Waals surface area contributed by atoms with Crippen molar-refractivity contribution in [3.05, 3.63) is 29.8 Å². The third kappa shape index (κ3) is 5.43. The average molecular weight is 260 g/mol. The van der Waals surface area contributed by atoms with Gasteiger partial charge in [0.2, 0.25) is 5.91 Å². The lowest BCUT2D eigenvalue weighted by atomic mass is 9.89. The molecular formula is C15H20N2O2. The molecule has 1 aromatic rings. The number of hydrogen-bond donors (Lipinski definition) is 1. The molecule has 0 spiro atoms. The number of unbranched alkanes of at least 4 members (excludes halogenated alkanes) is 1. The summed E-state index contributed by atoms with van der Waals surface area (Å²) in [6.45, 7) is 4.49. The van der Waals surface area contributed by atoms with Crippen LogP contribution in [-0.4, -0.2) is 12.5 Å². The molecule has 4 nitrogen and oxygen atoms in total. The van der Waals surface area contributed by atoms with Crippen molar-refractivity contribution in [3.63, 3.8) is 0 Å². The Morgan fingerprint density at radius 1 is 1.32 bits per heavy atom. The molecular weight excluding hydrogens is 240 g/mol. The number of benzene rings is 1. The van der Waals surface area contributed by atoms with Gasteiger partial charge in [-0.3, -0.25) is 4.79 Å². The highest BCUT2D eigenvalue weighted by Gasteiger charge is 2.15. The summed E-state index contributed by atoms with van der Waals surface area (Å²) in [6.07, 6.45) is 2.73. The monoisotopic (exact) mass is 260 g/mol. The van der Waals surface area contributed by atoms with Crippen LogP contribution in [0.3, 0.4) is 0 Å². The number of nitriles is 1. The van der Waals surface area contributed by atoms with Crippen LogP contribution in [0.25, 0.3) is 0 Å². The van der Waals surface area contributed by atoms with Gasteiger partial charge in [0.1, 0.15) is 5.75 Å². The topological polar surface area (TPSA) is 76.1 Å². The second-order valence-corrected chi connectivity index (χ2v) is 5.19. The number of primary amides is 1. The van der Waals surface area contributed by atoms with Crippen molar-refractivity contribution in [1.29, 1.82) is 5.26 Å². The maximum absolute atomic E-state index is 10.9. The first-order valence-corrected chi connectivity index (χ1v) is 6.38. The summed E-state index contributed by atoms with van der Waals surface area (Å²) in [7, 11) is 0. The molecule has 0 fully saturated rings. The Morgan fingerprint density at radius 3 is 2.47 bits per heavy atom. The van der Waals surface area contributed by atoms with E-state index in [1.54, 1.807) is 24.3 Å². The fourth-order valence-electron chi connectivity index (χ4n) is 1.63. The molecule has 0 radical (unpaired) electrons. The quantitative estimate of drug-likeness (QED) is 0.766. The molecule has 1 amide bonds. The molecule has 0 unspecified atom stereocenters. The highest BCUT2D eigenvalue weighted by atomic mass is 16.5. The third-order valence-corrected chi connectivity index (χ3v) is 2.91. The van der Waals surface area contributed by atoms with Gasteiger partial charge < -0.3 is 10.5 Å². The van der Waals surface area contributed by atoms with Crippen LogP contribution in [0.2, 0.25) is 0 Å². The lowest BCUT2D eigenvalue weighted by molar-refractivity contribution is 0.100. The van der Waals surface area contributed by atoms with E-state index in [-0.39, 0.29) is 5.41 Å². The maximum atomic E-state index is 10.9. The predicted octanol–water partition coefficient (Wildman–Crippen LogP) is 2.88. The number of rotatable bonds is 7. The molecule has 0 aliphatic heterocycles. The minimum Gasteiger partial charge on any atom is -0.494 e. The average Bonchev–Trinajstić information content (AvgIpc) is 2.39. The zero-order valence-electron chi connectivity index (χ0n) is 11.5. The first-order valence-electron chi connectivity index (χ1n) is 6.38. The molecule has 0 aliphatic rings. The minimum absolute atomic E-state index is 0.261. The van der Waals surface area contributed by atoms with E-state index in [0.717, 1.165) is 25.0 Å². The number of hydrogen-bond acceptors (Lipinski definition) is 3. The highest BCUT2D eigenvalue weighted by molar-refractivity contribution is 5.92. The van der Waals surface area contributed by atoms with Gasteiger partial charge in [-0.05, 0) is 57.4 Å². The Labute approximate surface area is 114 Å². The summed E-state index contributed by atoms with van der Waals surface area (Å²) in [5.74, 6) is 0.287. The number of amides is 1. The Kier molecular flexibility index (Phi) is 5.37. The minimum atomic E-state index is -0.440. The Morgan fingerprint density at radius 2 is 1.95 bits per heavy atom. The molecule has 19 heavy (non-hydrogen) atoms. The largest absolute Gasteiger partial charge is 0.494 e. The molecule has 0 saturated carbocycles. The summed E-state index contributed by atoms with van der Waals surface area (Å²) in [4.78, 5) is 10.9. The Bertz CT molecular complexity index is 458. The summed E-state index contributed by atoms with van der Waals surface area (Å²) in [5.41, 5.74) is 5.37. The smallest absolute Gasteiger partial charge is 0.248 e. The van der Waals surface area contributed by atoms with Gasteiger partial charge in [-0.15, -0.1) is 0 Å². The van der Waals surface area contributed by atoms with Crippen molar-refractivity contribution in [2.45, 2.75) is 33.1 Å². The van der Waals surface area contributed by atoms with Gasteiger partial charge in [0.25, 0.3) is 0 Å². The van der Waals surface area contributed by atoms with Crippen molar-refractivity contribution in [2.24, 2.45) is 11.1 Å². The van der Waals surface area contributed by atoms with Crippen molar-refractivity contribution in [3.8, 4) is 11.8 Å². The van der Waals surface area contributed by atoms with E-state index in [1.165, 1.54) is 0 Å². The van der Waals surface area contributed by atoms with Gasteiger partial charge in [-0.2, -0.15) is 5.26 Å². The molecule has 0 atom stereocenters. The zero-order valence-corrected chi connectivity index (χ0v) is 11.5. The van der Waals surface area contributed by atoms with Crippen LogP contribution in [0.1, 0.15) is 43.5 Å². The second-order valence-electron chi connectivity index (χ2n) is 5.19. The first kappa shape index (κ1) is 15.0. The normalized spacial score (nSPS) is 10.8. The van der Waals surface area contributed by atoms with E-state index in [0.29, 0.717) is 12.2 Å². The molecule has 2 N–H and O–H groups in total. The predicted molar refractivity (Wildman–Crippen MR) is 73.7 cm³/mol. The third-order valence-electron chi connectivity index (χ3n) is 2.91. The van der Waals surface area contributed by atoms with E-state index in [2.05, 4.69) is 6.07 Å².